The molecule has 0 radical (unpaired) electrons. The summed E-state index contributed by atoms with van der Waals surface area (Å²) in [5.41, 5.74) is 3.41. The minimum Gasteiger partial charge on any atom is -0.314 e. The number of imidazole rings is 1. The van der Waals surface area contributed by atoms with Crippen LogP contribution in [0.1, 0.15) is 49.2 Å². The molecular weight excluding hydrogens is 286 g/mol. The van der Waals surface area contributed by atoms with Crippen molar-refractivity contribution < 1.29 is 4.79 Å². The fourth-order valence-electron chi connectivity index (χ4n) is 3.63. The molecule has 4 rings (SSSR count). The van der Waals surface area contributed by atoms with Crippen molar-refractivity contribution in [3.63, 3.8) is 0 Å². The van der Waals surface area contributed by atoms with Crippen LogP contribution in [0.25, 0.3) is 6.08 Å². The van der Waals surface area contributed by atoms with E-state index in [4.69, 9.17) is 4.98 Å². The van der Waals surface area contributed by atoms with Crippen LogP contribution in [0.15, 0.2) is 35.9 Å². The minimum atomic E-state index is 0.0806. The van der Waals surface area contributed by atoms with Gasteiger partial charge in [0.05, 0.1) is 5.69 Å². The third kappa shape index (κ3) is 2.58. The van der Waals surface area contributed by atoms with E-state index >= 15 is 0 Å². The van der Waals surface area contributed by atoms with Gasteiger partial charge < -0.3 is 9.88 Å². The van der Waals surface area contributed by atoms with Gasteiger partial charge in [-0.15, -0.1) is 0 Å². The Bertz CT molecular complexity index is 773. The number of aromatic nitrogens is 2. The molecule has 2 aliphatic heterocycles. The Hall–Kier alpha value is -2.36. The third-order valence-corrected chi connectivity index (χ3v) is 4.83. The molecule has 2 aromatic rings. The van der Waals surface area contributed by atoms with Crippen LogP contribution >= 0.6 is 0 Å². The zero-order chi connectivity index (χ0) is 15.8. The zero-order valence-electron chi connectivity index (χ0n) is 13.4. The lowest BCUT2D eigenvalue weighted by Crippen LogP contribution is -2.25. The number of rotatable bonds is 2. The Morgan fingerprint density at radius 1 is 1.30 bits per heavy atom. The first-order chi connectivity index (χ1) is 11.2. The summed E-state index contributed by atoms with van der Waals surface area (Å²) in [5, 5.41) is 3.05. The number of amides is 1. The molecule has 0 spiro atoms. The molecule has 0 fully saturated rings. The number of hydrogen-bond acceptors (Lipinski definition) is 2. The van der Waals surface area contributed by atoms with Gasteiger partial charge in [-0.3, -0.25) is 4.79 Å². The van der Waals surface area contributed by atoms with Crippen LogP contribution in [-0.2, 0) is 17.8 Å². The molecule has 118 valence electrons. The molecule has 0 aliphatic carbocycles. The molecule has 1 unspecified atom stereocenters. The zero-order valence-corrected chi connectivity index (χ0v) is 13.4. The van der Waals surface area contributed by atoms with Crippen molar-refractivity contribution in [3.8, 4) is 0 Å². The molecule has 0 bridgehead atoms. The molecular formula is C19H21N3O. The summed E-state index contributed by atoms with van der Waals surface area (Å²) in [6, 6.07) is 10.3. The first kappa shape index (κ1) is 14.2. The van der Waals surface area contributed by atoms with Crippen LogP contribution in [0.2, 0.25) is 0 Å². The van der Waals surface area contributed by atoms with E-state index in [2.05, 4.69) is 35.0 Å². The summed E-state index contributed by atoms with van der Waals surface area (Å²) >= 11 is 0. The maximum absolute atomic E-state index is 12.2. The van der Waals surface area contributed by atoms with Gasteiger partial charge in [0.15, 0.2) is 0 Å². The lowest BCUT2D eigenvalue weighted by atomic mass is 9.89. The van der Waals surface area contributed by atoms with E-state index in [1.807, 2.05) is 18.2 Å². The second-order valence-electron chi connectivity index (χ2n) is 6.47. The van der Waals surface area contributed by atoms with E-state index in [9.17, 15) is 4.79 Å². The van der Waals surface area contributed by atoms with E-state index in [1.165, 1.54) is 17.6 Å². The third-order valence-electron chi connectivity index (χ3n) is 4.83. The van der Waals surface area contributed by atoms with Crippen molar-refractivity contribution >= 4 is 17.8 Å². The second kappa shape index (κ2) is 5.69. The number of nitrogens with zero attached hydrogens (tertiary/aromatic N) is 2. The van der Waals surface area contributed by atoms with E-state index < -0.39 is 0 Å². The highest BCUT2D eigenvalue weighted by molar-refractivity contribution is 5.94. The topological polar surface area (TPSA) is 46.9 Å². The number of aryl methyl sites for hydroxylation is 1. The number of hydrogen-bond donors (Lipinski definition) is 1. The monoisotopic (exact) mass is 307 g/mol. The number of carbonyl (C=O) groups excluding carboxylic acids is 1. The van der Waals surface area contributed by atoms with Crippen LogP contribution in [0.3, 0.4) is 0 Å². The average molecular weight is 307 g/mol. The van der Waals surface area contributed by atoms with E-state index in [0.717, 1.165) is 36.7 Å². The van der Waals surface area contributed by atoms with Gasteiger partial charge in [-0.1, -0.05) is 42.0 Å². The molecule has 1 aromatic heterocycles. The lowest BCUT2D eigenvalue weighted by Gasteiger charge is -2.24. The quantitative estimate of drug-likeness (QED) is 0.918. The van der Waals surface area contributed by atoms with E-state index in [0.29, 0.717) is 6.42 Å². The van der Waals surface area contributed by atoms with Gasteiger partial charge in [-0.2, -0.15) is 0 Å². The highest BCUT2D eigenvalue weighted by Crippen LogP contribution is 2.39. The lowest BCUT2D eigenvalue weighted by molar-refractivity contribution is -0.116. The highest BCUT2D eigenvalue weighted by Gasteiger charge is 2.32. The molecule has 2 aliphatic rings. The Morgan fingerprint density at radius 2 is 2.13 bits per heavy atom. The largest absolute Gasteiger partial charge is 0.314 e. The molecule has 1 aromatic carbocycles. The first-order valence-electron chi connectivity index (χ1n) is 8.35. The number of fused-ring (bicyclic) bond motifs is 3. The molecule has 4 heteroatoms. The van der Waals surface area contributed by atoms with Gasteiger partial charge in [-0.05, 0) is 25.3 Å². The summed E-state index contributed by atoms with van der Waals surface area (Å²) in [6.45, 7) is 3.07. The maximum Gasteiger partial charge on any atom is 0.226 e. The Labute approximate surface area is 136 Å². The van der Waals surface area contributed by atoms with Gasteiger partial charge >= 0.3 is 0 Å². The molecule has 3 heterocycles. The van der Waals surface area contributed by atoms with Crippen molar-refractivity contribution in [3.05, 3.63) is 53.0 Å². The van der Waals surface area contributed by atoms with Gasteiger partial charge in [-0.25, -0.2) is 4.98 Å². The second-order valence-corrected chi connectivity index (χ2v) is 6.47. The van der Waals surface area contributed by atoms with Crippen LogP contribution in [0.5, 0.6) is 0 Å². The van der Waals surface area contributed by atoms with Gasteiger partial charge in [0, 0.05) is 25.3 Å². The number of carbonyl (C=O) groups is 1. The van der Waals surface area contributed by atoms with Gasteiger partial charge in [0.2, 0.25) is 5.91 Å². The summed E-state index contributed by atoms with van der Waals surface area (Å²) in [5.74, 6) is 2.23. The maximum atomic E-state index is 12.2. The molecule has 1 N–H and O–H groups in total. The molecule has 1 amide bonds. The van der Waals surface area contributed by atoms with Crippen LogP contribution in [0.4, 0.5) is 5.82 Å². The van der Waals surface area contributed by atoms with Crippen LogP contribution < -0.4 is 5.32 Å². The van der Waals surface area contributed by atoms with Crippen molar-refractivity contribution in [2.45, 2.75) is 45.1 Å². The smallest absolute Gasteiger partial charge is 0.226 e. The molecule has 0 saturated heterocycles. The average Bonchev–Trinajstić information content (AvgIpc) is 2.93. The number of allylic oxidation sites excluding steroid dienone is 1. The van der Waals surface area contributed by atoms with E-state index in [-0.39, 0.29) is 11.8 Å². The Morgan fingerprint density at radius 3 is 2.96 bits per heavy atom. The summed E-state index contributed by atoms with van der Waals surface area (Å²) in [6.07, 6.45) is 6.02. The Kier molecular flexibility index (Phi) is 3.52. The van der Waals surface area contributed by atoms with Gasteiger partial charge in [0.25, 0.3) is 0 Å². The van der Waals surface area contributed by atoms with Crippen molar-refractivity contribution in [2.24, 2.45) is 0 Å². The van der Waals surface area contributed by atoms with Crippen molar-refractivity contribution in [1.82, 2.24) is 9.55 Å². The fourth-order valence-corrected chi connectivity index (χ4v) is 3.63. The summed E-state index contributed by atoms with van der Waals surface area (Å²) in [4.78, 5) is 17.1. The van der Waals surface area contributed by atoms with Crippen LogP contribution in [0, 0.1) is 0 Å². The van der Waals surface area contributed by atoms with Crippen LogP contribution in [-0.4, -0.2) is 15.5 Å². The Balaban J connectivity index is 1.75. The molecule has 0 saturated carbocycles. The molecule has 1 atom stereocenters. The fraction of sp³-hybridized carbons (Fsp3) is 0.368. The van der Waals surface area contributed by atoms with Crippen molar-refractivity contribution in [2.75, 3.05) is 5.32 Å². The first-order valence-corrected chi connectivity index (χ1v) is 8.35. The predicted octanol–water partition coefficient (Wildman–Crippen LogP) is 3.75. The number of nitrogens with one attached hydrogen (secondary N) is 1. The molecule has 23 heavy (non-hydrogen) atoms. The molecule has 4 nitrogen and oxygen atoms in total. The summed E-state index contributed by atoms with van der Waals surface area (Å²) < 4.78 is 2.21. The van der Waals surface area contributed by atoms with Crippen molar-refractivity contribution in [1.29, 1.82) is 0 Å². The highest BCUT2D eigenvalue weighted by atomic mass is 16.1. The minimum absolute atomic E-state index is 0.0806. The van der Waals surface area contributed by atoms with E-state index in [1.54, 1.807) is 0 Å². The number of benzene rings is 1. The van der Waals surface area contributed by atoms with Gasteiger partial charge in [0.1, 0.15) is 11.6 Å². The summed E-state index contributed by atoms with van der Waals surface area (Å²) in [7, 11) is 0. The predicted molar refractivity (Wildman–Crippen MR) is 91.2 cm³/mol. The number of anilines is 1. The SMILES string of the molecule is C/C(=C\c1ccccc1)C1CC(=O)Nc2c1nc1n2CCCC1. The normalized spacial score (nSPS) is 20.7. The standard InChI is InChI=1S/C19H21N3O/c1-13(11-14-7-3-2-4-8-14)15-12-17(23)21-19-18(15)20-16-9-5-6-10-22(16)19/h2-4,7-8,11,15H,5-6,9-10,12H2,1H3,(H,21,23)/b13-11+.